The highest BCUT2D eigenvalue weighted by Gasteiger charge is 2.39. The molecule has 3 aliphatic rings. The first-order valence-corrected chi connectivity index (χ1v) is 14.6. The smallest absolute Gasteiger partial charge is 0.258 e. The van der Waals surface area contributed by atoms with Crippen molar-refractivity contribution in [1.29, 1.82) is 0 Å². The fourth-order valence-electron chi connectivity index (χ4n) is 5.42. The Morgan fingerprint density at radius 2 is 1.72 bits per heavy atom. The Labute approximate surface area is 264 Å². The van der Waals surface area contributed by atoms with Gasteiger partial charge in [0.25, 0.3) is 17.7 Å². The Morgan fingerprint density at radius 1 is 0.913 bits per heavy atom. The number of nitrogens with one attached hydrogen (secondary N) is 2. The highest BCUT2D eigenvalue weighted by Crippen LogP contribution is 2.32. The lowest BCUT2D eigenvalue weighted by Crippen LogP contribution is -2.45. The lowest BCUT2D eigenvalue weighted by molar-refractivity contribution is -0.123. The summed E-state index contributed by atoms with van der Waals surface area (Å²) >= 11 is 0. The molecule has 3 aromatic carbocycles. The van der Waals surface area contributed by atoms with Crippen LogP contribution in [-0.4, -0.2) is 85.6 Å². The molecule has 4 heterocycles. The van der Waals surface area contributed by atoms with Gasteiger partial charge in [-0.2, -0.15) is 5.10 Å². The van der Waals surface area contributed by atoms with Crippen LogP contribution in [0.1, 0.15) is 26.3 Å². The van der Waals surface area contributed by atoms with E-state index in [-0.39, 0.29) is 49.4 Å². The van der Waals surface area contributed by atoms with Crippen LogP contribution in [0.4, 0.5) is 0 Å². The summed E-state index contributed by atoms with van der Waals surface area (Å²) in [5.74, 6) is 1.05. The second-order valence-electron chi connectivity index (χ2n) is 10.7. The highest BCUT2D eigenvalue weighted by molar-refractivity contribution is 5.96. The van der Waals surface area contributed by atoms with Crippen LogP contribution in [0.2, 0.25) is 0 Å². The molecule has 4 aromatic rings. The van der Waals surface area contributed by atoms with Crippen LogP contribution in [0, 0.1) is 0 Å². The Bertz CT molecular complexity index is 1770. The number of carbonyl (C=O) groups excluding carboxylic acids is 3. The lowest BCUT2D eigenvalue weighted by atomic mass is 10.1. The molecule has 3 aliphatic heterocycles. The van der Waals surface area contributed by atoms with Crippen LogP contribution < -0.4 is 34.3 Å². The number of benzene rings is 3. The molecule has 4 bridgehead atoms. The summed E-state index contributed by atoms with van der Waals surface area (Å²) in [6.07, 6.45) is 2.52. The van der Waals surface area contributed by atoms with Crippen molar-refractivity contribution in [1.82, 2.24) is 25.3 Å². The predicted octanol–water partition coefficient (Wildman–Crippen LogP) is 2.61. The molecule has 1 aromatic heterocycles. The minimum atomic E-state index is -0.624. The van der Waals surface area contributed by atoms with Gasteiger partial charge in [-0.05, 0) is 48.0 Å². The number of likely N-dealkylation sites (tertiary alicyclic amines) is 1. The van der Waals surface area contributed by atoms with Gasteiger partial charge < -0.3 is 39.2 Å². The second-order valence-corrected chi connectivity index (χ2v) is 10.7. The number of methoxy groups -OCH3 is 3. The third-order valence-corrected chi connectivity index (χ3v) is 7.81. The number of fused-ring (bicyclic) bond motifs is 7. The van der Waals surface area contributed by atoms with Gasteiger partial charge in [0, 0.05) is 24.8 Å². The average molecular weight is 628 g/mol. The van der Waals surface area contributed by atoms with E-state index in [2.05, 4.69) is 15.7 Å². The molecule has 2 N–H and O–H groups in total. The molecule has 0 radical (unpaired) electrons. The molecule has 13 heteroatoms. The van der Waals surface area contributed by atoms with Crippen molar-refractivity contribution in [3.05, 3.63) is 89.7 Å². The number of hydrogen-bond donors (Lipinski definition) is 2. The number of hydrogen-bond acceptors (Lipinski definition) is 9. The number of carbonyl (C=O) groups is 3. The van der Waals surface area contributed by atoms with Gasteiger partial charge in [-0.1, -0.05) is 18.2 Å². The van der Waals surface area contributed by atoms with Crippen LogP contribution >= 0.6 is 0 Å². The van der Waals surface area contributed by atoms with Crippen LogP contribution in [0.25, 0.3) is 5.69 Å². The Hall–Kier alpha value is -5.72. The Morgan fingerprint density at radius 3 is 2.52 bits per heavy atom. The maximum Gasteiger partial charge on any atom is 0.258 e. The van der Waals surface area contributed by atoms with Gasteiger partial charge in [0.05, 0.1) is 45.7 Å². The van der Waals surface area contributed by atoms with Crippen molar-refractivity contribution < 1.29 is 38.1 Å². The number of aromatic nitrogens is 2. The fourth-order valence-corrected chi connectivity index (χ4v) is 5.42. The predicted molar refractivity (Wildman–Crippen MR) is 165 cm³/mol. The van der Waals surface area contributed by atoms with Crippen LogP contribution in [0.3, 0.4) is 0 Å². The molecule has 0 aliphatic carbocycles. The third-order valence-electron chi connectivity index (χ3n) is 7.81. The average Bonchev–Trinajstić information content (AvgIpc) is 3.73. The largest absolute Gasteiger partial charge is 0.494 e. The van der Waals surface area contributed by atoms with Gasteiger partial charge in [-0.3, -0.25) is 14.4 Å². The van der Waals surface area contributed by atoms with Gasteiger partial charge in [0.15, 0.2) is 29.6 Å². The van der Waals surface area contributed by atoms with Crippen LogP contribution in [0.5, 0.6) is 28.7 Å². The first-order valence-electron chi connectivity index (χ1n) is 14.6. The van der Waals surface area contributed by atoms with E-state index in [0.29, 0.717) is 34.2 Å². The second kappa shape index (κ2) is 13.1. The van der Waals surface area contributed by atoms with Crippen molar-refractivity contribution >= 4 is 17.7 Å². The monoisotopic (exact) mass is 627 g/mol. The van der Waals surface area contributed by atoms with Gasteiger partial charge in [-0.15, -0.1) is 0 Å². The molecule has 2 atom stereocenters. The molecule has 0 spiro atoms. The van der Waals surface area contributed by atoms with Crippen LogP contribution in [0.15, 0.2) is 73.1 Å². The van der Waals surface area contributed by atoms with E-state index in [1.165, 1.54) is 26.5 Å². The molecular formula is C33H33N5O8. The first-order chi connectivity index (χ1) is 22.4. The molecule has 238 valence electrons. The quantitative estimate of drug-likeness (QED) is 0.342. The van der Waals surface area contributed by atoms with Gasteiger partial charge >= 0.3 is 0 Å². The van der Waals surface area contributed by atoms with Crippen molar-refractivity contribution in [2.75, 3.05) is 41.0 Å². The van der Waals surface area contributed by atoms with Crippen molar-refractivity contribution in [3.63, 3.8) is 0 Å². The zero-order valence-corrected chi connectivity index (χ0v) is 25.5. The van der Waals surface area contributed by atoms with E-state index in [4.69, 9.17) is 23.7 Å². The fraction of sp³-hybridized carbons (Fsp3) is 0.273. The molecule has 7 rings (SSSR count). The van der Waals surface area contributed by atoms with E-state index in [9.17, 15) is 14.4 Å². The van der Waals surface area contributed by atoms with E-state index >= 15 is 0 Å². The molecule has 3 amide bonds. The number of para-hydroxylation sites is 2. The topological polar surface area (TPSA) is 142 Å². The van der Waals surface area contributed by atoms with E-state index in [1.54, 1.807) is 53.2 Å². The molecule has 0 unspecified atom stereocenters. The zero-order chi connectivity index (χ0) is 32.2. The molecule has 46 heavy (non-hydrogen) atoms. The molecule has 0 saturated carbocycles. The van der Waals surface area contributed by atoms with Crippen LogP contribution in [-0.2, 0) is 11.3 Å². The summed E-state index contributed by atoms with van der Waals surface area (Å²) in [6, 6.07) is 16.8. The first kappa shape index (κ1) is 30.3. The normalized spacial score (nSPS) is 17.9. The van der Waals surface area contributed by atoms with E-state index in [1.807, 2.05) is 24.3 Å². The Kier molecular flexibility index (Phi) is 8.63. The molecule has 1 fully saturated rings. The summed E-state index contributed by atoms with van der Waals surface area (Å²) in [5, 5.41) is 10.2. The third kappa shape index (κ3) is 6.25. The van der Waals surface area contributed by atoms with Crippen molar-refractivity contribution in [3.8, 4) is 34.4 Å². The number of nitrogens with zero attached hydrogens (tertiary/aromatic N) is 3. The minimum absolute atomic E-state index is 0.174. The molecule has 1 saturated heterocycles. The lowest BCUT2D eigenvalue weighted by Gasteiger charge is -2.22. The minimum Gasteiger partial charge on any atom is -0.494 e. The van der Waals surface area contributed by atoms with E-state index < -0.39 is 18.1 Å². The maximum atomic E-state index is 13.8. The summed E-state index contributed by atoms with van der Waals surface area (Å²) < 4.78 is 30.1. The van der Waals surface area contributed by atoms with Gasteiger partial charge in [0.2, 0.25) is 0 Å². The maximum absolute atomic E-state index is 13.8. The zero-order valence-electron chi connectivity index (χ0n) is 25.5. The summed E-state index contributed by atoms with van der Waals surface area (Å²) in [5.41, 5.74) is 2.12. The summed E-state index contributed by atoms with van der Waals surface area (Å²) in [6.45, 7) is 0.303. The molecular weight excluding hydrogens is 594 g/mol. The molecule has 13 nitrogen and oxygen atoms in total. The van der Waals surface area contributed by atoms with Crippen molar-refractivity contribution in [2.45, 2.75) is 18.7 Å². The standard InChI is InChI=1S/C33H33N5O8/c1-42-25-7-5-4-6-24(25)38-16-22(15-35-38)33(41)37-17-23-30(18-37)46-27-10-8-20(12-28(27)44-3)14-34-31(39)19-45-29-13-21(32(40)36-23)9-11-26(29)43-2/h4-13,15-16,23,30H,14,17-19H2,1-3H3,(H,34,39)(H,36,40)/t23-,30-/m0/s1. The van der Waals surface area contributed by atoms with Crippen molar-refractivity contribution in [2.24, 2.45) is 0 Å². The number of ether oxygens (including phenoxy) is 5. The van der Waals surface area contributed by atoms with E-state index in [0.717, 1.165) is 5.56 Å². The Balaban J connectivity index is 1.30. The number of amides is 3. The number of rotatable bonds is 5. The van der Waals surface area contributed by atoms with Gasteiger partial charge in [-0.25, -0.2) is 4.68 Å². The SMILES string of the molecule is COc1ccc2cc1OCC(=O)NCc1ccc(c(OC)c1)O[C@H]1CN(C(=O)c3cnn(-c4ccccc4OC)c3)C[C@@H]1NC2=O. The highest BCUT2D eigenvalue weighted by atomic mass is 16.5. The van der Waals surface area contributed by atoms with Gasteiger partial charge in [0.1, 0.15) is 17.5 Å². The summed E-state index contributed by atoms with van der Waals surface area (Å²) in [4.78, 5) is 41.4. The summed E-state index contributed by atoms with van der Waals surface area (Å²) in [7, 11) is 4.56.